The van der Waals surface area contributed by atoms with Gasteiger partial charge in [-0.05, 0) is 55.3 Å². The largest absolute Gasteiger partial charge is 0.492 e. The minimum absolute atomic E-state index is 0.0342. The van der Waals surface area contributed by atoms with E-state index < -0.39 is 43.8 Å². The molecule has 4 aromatic rings. The molecule has 0 amide bonds. The summed E-state index contributed by atoms with van der Waals surface area (Å²) in [5.41, 5.74) is 0.0781. The van der Waals surface area contributed by atoms with Crippen molar-refractivity contribution in [3.63, 3.8) is 0 Å². The summed E-state index contributed by atoms with van der Waals surface area (Å²) in [5, 5.41) is 20.1. The van der Waals surface area contributed by atoms with E-state index in [1.165, 1.54) is 43.8 Å². The first-order valence-electron chi connectivity index (χ1n) is 12.6. The highest BCUT2D eigenvalue weighted by molar-refractivity contribution is 7.91. The molecule has 1 N–H and O–H groups in total. The average molecular weight is 597 g/mol. The summed E-state index contributed by atoms with van der Waals surface area (Å²) in [6, 6.07) is 10.3. The van der Waals surface area contributed by atoms with Crippen molar-refractivity contribution in [2.24, 2.45) is 0 Å². The van der Waals surface area contributed by atoms with Gasteiger partial charge in [-0.15, -0.1) is 0 Å². The van der Waals surface area contributed by atoms with Gasteiger partial charge in [0.2, 0.25) is 15.7 Å². The van der Waals surface area contributed by atoms with Gasteiger partial charge < -0.3 is 14.6 Å². The fraction of sp³-hybridized carbons (Fsp3) is 0.241. The van der Waals surface area contributed by atoms with Gasteiger partial charge in [0.05, 0.1) is 29.2 Å². The van der Waals surface area contributed by atoms with Gasteiger partial charge in [0.25, 0.3) is 5.56 Å². The van der Waals surface area contributed by atoms with Crippen molar-refractivity contribution in [1.29, 1.82) is 5.26 Å². The second-order valence-corrected chi connectivity index (χ2v) is 11.3. The van der Waals surface area contributed by atoms with Crippen LogP contribution in [0.2, 0.25) is 0 Å². The average Bonchev–Trinajstić information content (AvgIpc) is 2.94. The van der Waals surface area contributed by atoms with Crippen molar-refractivity contribution >= 4 is 9.84 Å². The lowest BCUT2D eigenvalue weighted by atomic mass is 10.0. The highest BCUT2D eigenvalue weighted by Crippen LogP contribution is 2.30. The first-order valence-corrected chi connectivity index (χ1v) is 14.1. The first-order chi connectivity index (χ1) is 20.0. The second-order valence-electron chi connectivity index (χ2n) is 9.45. The van der Waals surface area contributed by atoms with E-state index in [9.17, 15) is 32.4 Å². The van der Waals surface area contributed by atoms with Crippen LogP contribution in [0.25, 0.3) is 11.1 Å². The van der Waals surface area contributed by atoms with E-state index in [2.05, 4.69) is 9.97 Å². The van der Waals surface area contributed by atoms with Gasteiger partial charge in [-0.25, -0.2) is 17.2 Å². The third kappa shape index (κ3) is 6.20. The molecule has 0 fully saturated rings. The number of rotatable bonds is 10. The number of halogens is 2. The fourth-order valence-electron chi connectivity index (χ4n) is 4.36. The molecule has 0 aliphatic carbocycles. The molecule has 0 bridgehead atoms. The molecule has 0 aliphatic rings. The van der Waals surface area contributed by atoms with Gasteiger partial charge in [0.15, 0.2) is 4.90 Å². The smallest absolute Gasteiger partial charge is 0.277 e. The van der Waals surface area contributed by atoms with Crippen LogP contribution in [-0.2, 0) is 25.9 Å². The summed E-state index contributed by atoms with van der Waals surface area (Å²) >= 11 is 0. The summed E-state index contributed by atoms with van der Waals surface area (Å²) in [7, 11) is -3.39. The van der Waals surface area contributed by atoms with E-state index in [1.807, 2.05) is 6.07 Å². The van der Waals surface area contributed by atoms with E-state index in [-0.39, 0.29) is 41.2 Å². The number of sulfone groups is 1. The third-order valence-electron chi connectivity index (χ3n) is 6.27. The molecule has 0 spiro atoms. The lowest BCUT2D eigenvalue weighted by Crippen LogP contribution is -2.35. The monoisotopic (exact) mass is 596 g/mol. The molecule has 0 saturated heterocycles. The van der Waals surface area contributed by atoms with Crippen molar-refractivity contribution in [3.8, 4) is 23.1 Å². The molecule has 13 heteroatoms. The number of nitrogens with zero attached hydrogens (tertiary/aromatic N) is 4. The van der Waals surface area contributed by atoms with E-state index in [0.29, 0.717) is 17.2 Å². The number of benzene rings is 2. The Balaban J connectivity index is 1.91. The predicted molar refractivity (Wildman–Crippen MR) is 146 cm³/mol. The normalized spacial score (nSPS) is 12.3. The summed E-state index contributed by atoms with van der Waals surface area (Å²) < 4.78 is 67.6. The molecule has 1 atom stereocenters. The van der Waals surface area contributed by atoms with Crippen LogP contribution >= 0.6 is 0 Å². The van der Waals surface area contributed by atoms with Crippen molar-refractivity contribution < 1.29 is 31.8 Å². The Hall–Kier alpha value is -4.51. The van der Waals surface area contributed by atoms with Crippen molar-refractivity contribution in [2.75, 3.05) is 13.7 Å². The van der Waals surface area contributed by atoms with Crippen LogP contribution in [0.3, 0.4) is 0 Å². The van der Waals surface area contributed by atoms with Gasteiger partial charge in [0.1, 0.15) is 30.1 Å². The van der Waals surface area contributed by atoms with Gasteiger partial charge in [-0.1, -0.05) is 12.1 Å². The topological polar surface area (TPSA) is 144 Å². The molecule has 42 heavy (non-hydrogen) atoms. The number of pyridine rings is 1. The maximum Gasteiger partial charge on any atom is 0.277 e. The Labute approximate surface area is 240 Å². The van der Waals surface area contributed by atoms with Crippen molar-refractivity contribution in [3.05, 3.63) is 99.9 Å². The molecule has 2 aromatic carbocycles. The Morgan fingerprint density at radius 2 is 1.76 bits per heavy atom. The molecule has 0 aliphatic heterocycles. The summed E-state index contributed by atoms with van der Waals surface area (Å²) in [6.45, 7) is 2.79. The number of hydrogen-bond donors (Lipinski definition) is 1. The Morgan fingerprint density at radius 1 is 1.10 bits per heavy atom. The molecule has 2 aromatic heterocycles. The van der Waals surface area contributed by atoms with Crippen LogP contribution in [0.1, 0.15) is 36.8 Å². The standard InChI is InChI=1S/C29H26F2N4O6S/c1-17(2)41-16-26-34-28(36)27(29(37)35(26)25(15-40-3)19-10-21(30)12-22(31)11-19)42(38,39)23-6-4-18(5-7-23)24-8-9-33-14-20(24)13-32/h4-12,14,17,25,36H,15-16H2,1-3H3. The molecular formula is C29H26F2N4O6S. The maximum atomic E-state index is 14.2. The van der Waals surface area contributed by atoms with Gasteiger partial charge in [0, 0.05) is 31.1 Å². The Bertz CT molecular complexity index is 1800. The van der Waals surface area contributed by atoms with Crippen LogP contribution in [0.4, 0.5) is 8.78 Å². The minimum Gasteiger partial charge on any atom is -0.492 e. The Kier molecular flexibility index (Phi) is 9.11. The zero-order chi connectivity index (χ0) is 30.6. The second kappa shape index (κ2) is 12.6. The number of hydrogen-bond acceptors (Lipinski definition) is 9. The number of aromatic hydroxyl groups is 1. The molecular weight excluding hydrogens is 570 g/mol. The molecule has 0 saturated carbocycles. The van der Waals surface area contributed by atoms with Crippen LogP contribution in [-0.4, -0.2) is 47.9 Å². The molecule has 10 nitrogen and oxygen atoms in total. The van der Waals surface area contributed by atoms with E-state index >= 15 is 0 Å². The number of methoxy groups -OCH3 is 1. The van der Waals surface area contributed by atoms with Crippen molar-refractivity contribution in [1.82, 2.24) is 14.5 Å². The third-order valence-corrected chi connectivity index (χ3v) is 8.05. The summed E-state index contributed by atoms with van der Waals surface area (Å²) in [4.78, 5) is 20.5. The lowest BCUT2D eigenvalue weighted by molar-refractivity contribution is 0.0557. The molecule has 218 valence electrons. The van der Waals surface area contributed by atoms with E-state index in [1.54, 1.807) is 19.9 Å². The van der Waals surface area contributed by atoms with Crippen LogP contribution in [0.5, 0.6) is 5.88 Å². The van der Waals surface area contributed by atoms with Crippen LogP contribution in [0, 0.1) is 23.0 Å². The van der Waals surface area contributed by atoms with E-state index in [4.69, 9.17) is 9.47 Å². The molecule has 2 heterocycles. The number of aromatic nitrogens is 3. The van der Waals surface area contributed by atoms with Gasteiger partial charge in [-0.3, -0.25) is 14.3 Å². The van der Waals surface area contributed by atoms with E-state index in [0.717, 1.165) is 16.7 Å². The SMILES string of the molecule is COCC(c1cc(F)cc(F)c1)n1c(COC(C)C)nc(O)c(S(=O)(=O)c2ccc(-c3ccncc3C#N)cc2)c1=O. The van der Waals surface area contributed by atoms with Crippen LogP contribution in [0.15, 0.2) is 75.5 Å². The highest BCUT2D eigenvalue weighted by Gasteiger charge is 2.32. The zero-order valence-corrected chi connectivity index (χ0v) is 23.6. The van der Waals surface area contributed by atoms with Gasteiger partial charge in [-0.2, -0.15) is 10.2 Å². The number of nitriles is 1. The molecule has 1 unspecified atom stereocenters. The molecule has 0 radical (unpaired) electrons. The predicted octanol–water partition coefficient (Wildman–Crippen LogP) is 4.15. The zero-order valence-electron chi connectivity index (χ0n) is 22.8. The van der Waals surface area contributed by atoms with Crippen molar-refractivity contribution in [2.45, 2.75) is 42.4 Å². The molecule has 4 rings (SSSR count). The fourth-order valence-corrected chi connectivity index (χ4v) is 5.71. The maximum absolute atomic E-state index is 14.2. The quantitative estimate of drug-likeness (QED) is 0.285. The minimum atomic E-state index is -4.69. The van der Waals surface area contributed by atoms with Crippen LogP contribution < -0.4 is 5.56 Å². The Morgan fingerprint density at radius 3 is 2.36 bits per heavy atom. The lowest BCUT2D eigenvalue weighted by Gasteiger charge is -2.24. The first kappa shape index (κ1) is 30.4. The summed E-state index contributed by atoms with van der Waals surface area (Å²) in [5.74, 6) is -3.10. The highest BCUT2D eigenvalue weighted by atomic mass is 32.2. The number of ether oxygens (including phenoxy) is 2. The summed E-state index contributed by atoms with van der Waals surface area (Å²) in [6.07, 6.45) is 2.52. The van der Waals surface area contributed by atoms with Gasteiger partial charge >= 0.3 is 0 Å².